The summed E-state index contributed by atoms with van der Waals surface area (Å²) in [6.07, 6.45) is 1.82. The third kappa shape index (κ3) is 4.55. The summed E-state index contributed by atoms with van der Waals surface area (Å²) >= 11 is 1.60. The summed E-state index contributed by atoms with van der Waals surface area (Å²) < 4.78 is 0. The van der Waals surface area contributed by atoms with Gasteiger partial charge in [-0.1, -0.05) is 6.08 Å². The highest BCUT2D eigenvalue weighted by Crippen LogP contribution is 2.06. The second-order valence-corrected chi connectivity index (χ2v) is 4.78. The number of hydrogen-bond acceptors (Lipinski definition) is 4. The molecule has 1 saturated heterocycles. The predicted octanol–water partition coefficient (Wildman–Crippen LogP) is 0.0421. The van der Waals surface area contributed by atoms with Gasteiger partial charge in [0.15, 0.2) is 0 Å². The molecular formula is C11H20N2O2S. The number of amides is 1. The van der Waals surface area contributed by atoms with Crippen LogP contribution in [0.4, 0.5) is 0 Å². The van der Waals surface area contributed by atoms with Gasteiger partial charge in [-0.15, -0.1) is 18.3 Å². The topological polar surface area (TPSA) is 43.8 Å². The maximum Gasteiger partial charge on any atom is 0.232 e. The molecule has 1 rings (SSSR count). The van der Waals surface area contributed by atoms with E-state index in [0.29, 0.717) is 12.3 Å². The molecule has 0 spiro atoms. The Labute approximate surface area is 101 Å². The lowest BCUT2D eigenvalue weighted by Gasteiger charge is -2.34. The fraction of sp³-hybridized carbons (Fsp3) is 0.727. The van der Waals surface area contributed by atoms with Gasteiger partial charge in [-0.05, 0) is 0 Å². The van der Waals surface area contributed by atoms with Crippen molar-refractivity contribution < 1.29 is 9.90 Å². The van der Waals surface area contributed by atoms with Gasteiger partial charge in [0, 0.05) is 38.5 Å². The highest BCUT2D eigenvalue weighted by molar-refractivity contribution is 8.00. The lowest BCUT2D eigenvalue weighted by atomic mass is 10.3. The summed E-state index contributed by atoms with van der Waals surface area (Å²) in [5, 5.41) is 8.80. The maximum atomic E-state index is 11.7. The molecule has 0 radical (unpaired) electrons. The molecule has 0 aromatic heterocycles. The summed E-state index contributed by atoms with van der Waals surface area (Å²) in [6, 6.07) is 0. The number of piperazine rings is 1. The summed E-state index contributed by atoms with van der Waals surface area (Å²) in [4.78, 5) is 15.8. The maximum absolute atomic E-state index is 11.7. The van der Waals surface area contributed by atoms with Crippen LogP contribution >= 0.6 is 11.8 Å². The first-order valence-corrected chi connectivity index (χ1v) is 6.73. The van der Waals surface area contributed by atoms with Crippen LogP contribution in [0.5, 0.6) is 0 Å². The Hall–Kier alpha value is -0.520. The summed E-state index contributed by atoms with van der Waals surface area (Å²) in [6.45, 7) is 7.85. The van der Waals surface area contributed by atoms with E-state index in [0.717, 1.165) is 31.9 Å². The van der Waals surface area contributed by atoms with Crippen molar-refractivity contribution in [3.63, 3.8) is 0 Å². The molecule has 4 nitrogen and oxygen atoms in total. The standard InChI is InChI=1S/C11H20N2O2S/c1-2-9-16-10-11(15)13-5-3-12(4-6-13)7-8-14/h2,14H,1,3-10H2. The first-order valence-electron chi connectivity index (χ1n) is 5.57. The first kappa shape index (κ1) is 13.5. The average molecular weight is 244 g/mol. The zero-order valence-electron chi connectivity index (χ0n) is 9.60. The Morgan fingerprint density at radius 1 is 1.38 bits per heavy atom. The van der Waals surface area contributed by atoms with Crippen molar-refractivity contribution in [3.05, 3.63) is 12.7 Å². The molecule has 0 atom stereocenters. The average Bonchev–Trinajstić information content (AvgIpc) is 2.30. The molecule has 0 unspecified atom stereocenters. The van der Waals surface area contributed by atoms with Crippen LogP contribution in [0.2, 0.25) is 0 Å². The number of carbonyl (C=O) groups excluding carboxylic acids is 1. The van der Waals surface area contributed by atoms with Crippen molar-refractivity contribution in [1.29, 1.82) is 0 Å². The van der Waals surface area contributed by atoms with Crippen molar-refractivity contribution in [2.24, 2.45) is 0 Å². The van der Waals surface area contributed by atoms with Gasteiger partial charge in [-0.3, -0.25) is 9.69 Å². The van der Waals surface area contributed by atoms with Crippen molar-refractivity contribution in [2.75, 3.05) is 50.8 Å². The molecule has 1 amide bonds. The lowest BCUT2D eigenvalue weighted by Crippen LogP contribution is -2.49. The highest BCUT2D eigenvalue weighted by Gasteiger charge is 2.19. The molecule has 1 fully saturated rings. The molecule has 16 heavy (non-hydrogen) atoms. The van der Waals surface area contributed by atoms with Crippen LogP contribution in [0.25, 0.3) is 0 Å². The van der Waals surface area contributed by atoms with E-state index in [1.807, 2.05) is 11.0 Å². The lowest BCUT2D eigenvalue weighted by molar-refractivity contribution is -0.130. The van der Waals surface area contributed by atoms with E-state index in [9.17, 15) is 4.79 Å². The molecule has 1 aliphatic heterocycles. The molecule has 5 heteroatoms. The van der Waals surface area contributed by atoms with Gasteiger partial charge in [0.2, 0.25) is 5.91 Å². The first-order chi connectivity index (χ1) is 7.77. The van der Waals surface area contributed by atoms with E-state index in [1.54, 1.807) is 11.8 Å². The van der Waals surface area contributed by atoms with Crippen LogP contribution in [0.1, 0.15) is 0 Å². The van der Waals surface area contributed by atoms with E-state index in [-0.39, 0.29) is 12.5 Å². The van der Waals surface area contributed by atoms with E-state index in [1.165, 1.54) is 0 Å². The zero-order valence-corrected chi connectivity index (χ0v) is 10.4. The smallest absolute Gasteiger partial charge is 0.232 e. The van der Waals surface area contributed by atoms with Crippen molar-refractivity contribution in [1.82, 2.24) is 9.80 Å². The van der Waals surface area contributed by atoms with Gasteiger partial charge in [0.05, 0.1) is 12.4 Å². The molecular weight excluding hydrogens is 224 g/mol. The number of thioether (sulfide) groups is 1. The van der Waals surface area contributed by atoms with Gasteiger partial charge >= 0.3 is 0 Å². The zero-order chi connectivity index (χ0) is 11.8. The Balaban J connectivity index is 2.19. The van der Waals surface area contributed by atoms with Gasteiger partial charge in [-0.2, -0.15) is 0 Å². The highest BCUT2D eigenvalue weighted by atomic mass is 32.2. The van der Waals surface area contributed by atoms with Crippen LogP contribution in [-0.2, 0) is 4.79 Å². The monoisotopic (exact) mass is 244 g/mol. The molecule has 92 valence electrons. The van der Waals surface area contributed by atoms with Gasteiger partial charge in [-0.25, -0.2) is 0 Å². The van der Waals surface area contributed by atoms with Crippen LogP contribution in [0.3, 0.4) is 0 Å². The van der Waals surface area contributed by atoms with Crippen molar-refractivity contribution in [2.45, 2.75) is 0 Å². The molecule has 1 aliphatic rings. The molecule has 1 heterocycles. The second kappa shape index (κ2) is 7.70. The van der Waals surface area contributed by atoms with E-state index in [4.69, 9.17) is 5.11 Å². The largest absolute Gasteiger partial charge is 0.395 e. The summed E-state index contributed by atoms with van der Waals surface area (Å²) in [5.41, 5.74) is 0. The molecule has 0 aliphatic carbocycles. The molecule has 0 aromatic rings. The minimum absolute atomic E-state index is 0.198. The molecule has 1 N–H and O–H groups in total. The Bertz CT molecular complexity index is 228. The number of carbonyl (C=O) groups is 1. The van der Waals surface area contributed by atoms with Crippen LogP contribution in [0.15, 0.2) is 12.7 Å². The molecule has 0 aromatic carbocycles. The fourth-order valence-electron chi connectivity index (χ4n) is 1.68. The van der Waals surface area contributed by atoms with Crippen molar-refractivity contribution >= 4 is 17.7 Å². The third-order valence-corrected chi connectivity index (χ3v) is 3.52. The normalized spacial score (nSPS) is 17.4. The fourth-order valence-corrected chi connectivity index (χ4v) is 2.32. The van der Waals surface area contributed by atoms with Crippen LogP contribution in [-0.4, -0.2) is 71.6 Å². The van der Waals surface area contributed by atoms with Gasteiger partial charge in [0.25, 0.3) is 0 Å². The number of hydrogen-bond donors (Lipinski definition) is 1. The quantitative estimate of drug-likeness (QED) is 0.529. The van der Waals surface area contributed by atoms with Gasteiger partial charge in [0.1, 0.15) is 0 Å². The summed E-state index contributed by atoms with van der Waals surface area (Å²) in [7, 11) is 0. The summed E-state index contributed by atoms with van der Waals surface area (Å²) in [5.74, 6) is 1.60. The van der Waals surface area contributed by atoms with E-state index >= 15 is 0 Å². The second-order valence-electron chi connectivity index (χ2n) is 3.75. The van der Waals surface area contributed by atoms with Crippen molar-refractivity contribution in [3.8, 4) is 0 Å². The number of β-amino-alcohol motifs (C(OH)–C–C–N with tert-alkyl or cyclic N) is 1. The number of nitrogens with zero attached hydrogens (tertiary/aromatic N) is 2. The third-order valence-electron chi connectivity index (χ3n) is 2.60. The Kier molecular flexibility index (Phi) is 6.52. The Morgan fingerprint density at radius 3 is 2.62 bits per heavy atom. The minimum Gasteiger partial charge on any atom is -0.395 e. The van der Waals surface area contributed by atoms with Gasteiger partial charge < -0.3 is 10.0 Å². The minimum atomic E-state index is 0.198. The van der Waals surface area contributed by atoms with Crippen LogP contribution in [0, 0.1) is 0 Å². The van der Waals surface area contributed by atoms with E-state index in [2.05, 4.69) is 11.5 Å². The Morgan fingerprint density at radius 2 is 2.06 bits per heavy atom. The number of aliphatic hydroxyl groups excluding tert-OH is 1. The number of rotatable bonds is 6. The van der Waals surface area contributed by atoms with E-state index < -0.39 is 0 Å². The SMILES string of the molecule is C=CCSCC(=O)N1CCN(CCO)CC1. The predicted molar refractivity (Wildman–Crippen MR) is 67.6 cm³/mol. The number of aliphatic hydroxyl groups is 1. The molecule has 0 saturated carbocycles. The molecule has 0 bridgehead atoms. The van der Waals surface area contributed by atoms with Crippen LogP contribution < -0.4 is 0 Å².